The molecule has 1 saturated heterocycles. The number of thiocarbonyl (C=S) groups is 1. The number of anilines is 1. The van der Waals surface area contributed by atoms with E-state index in [1.54, 1.807) is 0 Å². The average Bonchev–Trinajstić information content (AvgIpc) is 2.48. The summed E-state index contributed by atoms with van der Waals surface area (Å²) >= 11 is 5.10. The van der Waals surface area contributed by atoms with Crippen LogP contribution in [0.2, 0.25) is 0 Å². The van der Waals surface area contributed by atoms with E-state index < -0.39 is 11.6 Å². The van der Waals surface area contributed by atoms with Crippen molar-refractivity contribution in [2.45, 2.75) is 25.7 Å². The summed E-state index contributed by atoms with van der Waals surface area (Å²) in [6.45, 7) is 4.17. The first kappa shape index (κ1) is 16.1. The summed E-state index contributed by atoms with van der Waals surface area (Å²) in [5.74, 6) is -1.24. The van der Waals surface area contributed by atoms with Gasteiger partial charge in [0.05, 0.1) is 5.69 Å². The minimum Gasteiger partial charge on any atom is -0.362 e. The normalized spacial score (nSPS) is 15.7. The highest BCUT2D eigenvalue weighted by atomic mass is 32.1. The molecule has 0 atom stereocenters. The molecule has 0 aromatic heterocycles. The summed E-state index contributed by atoms with van der Waals surface area (Å²) in [5.41, 5.74) is 0.185. The molecule has 1 aromatic rings. The summed E-state index contributed by atoms with van der Waals surface area (Å²) in [6.07, 6.45) is 4.91. The second kappa shape index (κ2) is 8.24. The maximum absolute atomic E-state index is 13.4. The van der Waals surface area contributed by atoms with Crippen molar-refractivity contribution >= 4 is 23.0 Å². The molecule has 0 amide bonds. The first-order chi connectivity index (χ1) is 10.1. The number of piperidine rings is 1. The lowest BCUT2D eigenvalue weighted by Gasteiger charge is -2.26. The SMILES string of the molecule is Fc1ccc(NC(=S)NCCCN2CCCCC2)c(F)c1. The number of hydrogen-bond acceptors (Lipinski definition) is 2. The topological polar surface area (TPSA) is 27.3 Å². The molecule has 21 heavy (non-hydrogen) atoms. The van der Waals surface area contributed by atoms with Crippen LogP contribution in [0.15, 0.2) is 18.2 Å². The van der Waals surface area contributed by atoms with Gasteiger partial charge in [-0.2, -0.15) is 0 Å². The minimum absolute atomic E-state index is 0.185. The van der Waals surface area contributed by atoms with Crippen LogP contribution in [-0.4, -0.2) is 36.2 Å². The van der Waals surface area contributed by atoms with Crippen molar-refractivity contribution in [2.75, 3.05) is 31.5 Å². The van der Waals surface area contributed by atoms with Gasteiger partial charge in [0.1, 0.15) is 11.6 Å². The first-order valence-electron chi connectivity index (χ1n) is 7.37. The Morgan fingerprint density at radius 3 is 2.67 bits per heavy atom. The van der Waals surface area contributed by atoms with Gasteiger partial charge in [0.2, 0.25) is 0 Å². The fourth-order valence-corrected chi connectivity index (χ4v) is 2.66. The quantitative estimate of drug-likeness (QED) is 0.645. The molecule has 0 spiro atoms. The van der Waals surface area contributed by atoms with E-state index >= 15 is 0 Å². The molecule has 1 aliphatic heterocycles. The van der Waals surface area contributed by atoms with E-state index in [2.05, 4.69) is 15.5 Å². The summed E-state index contributed by atoms with van der Waals surface area (Å²) < 4.78 is 26.2. The zero-order chi connectivity index (χ0) is 15.1. The Hall–Kier alpha value is -1.27. The molecule has 1 heterocycles. The first-order valence-corrected chi connectivity index (χ1v) is 7.78. The van der Waals surface area contributed by atoms with Crippen molar-refractivity contribution in [3.63, 3.8) is 0 Å². The highest BCUT2D eigenvalue weighted by molar-refractivity contribution is 7.80. The van der Waals surface area contributed by atoms with E-state index in [4.69, 9.17) is 12.2 Å². The zero-order valence-corrected chi connectivity index (χ0v) is 12.8. The summed E-state index contributed by atoms with van der Waals surface area (Å²) in [7, 11) is 0. The van der Waals surface area contributed by atoms with E-state index in [0.29, 0.717) is 5.11 Å². The lowest BCUT2D eigenvalue weighted by Crippen LogP contribution is -2.34. The van der Waals surface area contributed by atoms with Crippen LogP contribution in [0, 0.1) is 11.6 Å². The van der Waals surface area contributed by atoms with E-state index in [0.717, 1.165) is 25.6 Å². The van der Waals surface area contributed by atoms with Gasteiger partial charge in [0.25, 0.3) is 0 Å². The molecular formula is C15H21F2N3S. The maximum atomic E-state index is 13.4. The van der Waals surface area contributed by atoms with Crippen LogP contribution in [0.4, 0.5) is 14.5 Å². The zero-order valence-electron chi connectivity index (χ0n) is 12.0. The summed E-state index contributed by atoms with van der Waals surface area (Å²) in [4.78, 5) is 2.46. The number of halogens is 2. The molecule has 1 aliphatic rings. The van der Waals surface area contributed by atoms with Gasteiger partial charge in [0, 0.05) is 12.6 Å². The second-order valence-electron chi connectivity index (χ2n) is 5.26. The number of nitrogens with one attached hydrogen (secondary N) is 2. The Labute approximate surface area is 129 Å². The number of benzene rings is 1. The molecule has 116 valence electrons. The predicted molar refractivity (Wildman–Crippen MR) is 85.5 cm³/mol. The van der Waals surface area contributed by atoms with Crippen molar-refractivity contribution in [3.8, 4) is 0 Å². The molecule has 3 nitrogen and oxygen atoms in total. The van der Waals surface area contributed by atoms with Crippen LogP contribution in [0.1, 0.15) is 25.7 Å². The Balaban J connectivity index is 1.65. The minimum atomic E-state index is -0.646. The van der Waals surface area contributed by atoms with Gasteiger partial charge < -0.3 is 15.5 Å². The van der Waals surface area contributed by atoms with E-state index in [1.807, 2.05) is 0 Å². The lowest BCUT2D eigenvalue weighted by atomic mass is 10.1. The highest BCUT2D eigenvalue weighted by Gasteiger charge is 2.09. The fraction of sp³-hybridized carbons (Fsp3) is 0.533. The lowest BCUT2D eigenvalue weighted by molar-refractivity contribution is 0.227. The molecule has 2 N–H and O–H groups in total. The van der Waals surface area contributed by atoms with Gasteiger partial charge in [-0.15, -0.1) is 0 Å². The largest absolute Gasteiger partial charge is 0.362 e. The predicted octanol–water partition coefficient (Wildman–Crippen LogP) is 3.13. The van der Waals surface area contributed by atoms with E-state index in [1.165, 1.54) is 44.5 Å². The van der Waals surface area contributed by atoms with Gasteiger partial charge in [-0.05, 0) is 63.2 Å². The highest BCUT2D eigenvalue weighted by Crippen LogP contribution is 2.14. The third-order valence-electron chi connectivity index (χ3n) is 3.56. The standard InChI is InChI=1S/C15H21F2N3S/c16-12-5-6-14(13(17)11-12)19-15(21)18-7-4-10-20-8-2-1-3-9-20/h5-6,11H,1-4,7-10H2,(H2,18,19,21). The average molecular weight is 313 g/mol. The van der Waals surface area contributed by atoms with Gasteiger partial charge in [-0.1, -0.05) is 6.42 Å². The van der Waals surface area contributed by atoms with Crippen molar-refractivity contribution in [2.24, 2.45) is 0 Å². The molecule has 0 aliphatic carbocycles. The smallest absolute Gasteiger partial charge is 0.170 e. The second-order valence-corrected chi connectivity index (χ2v) is 5.67. The van der Waals surface area contributed by atoms with E-state index in [9.17, 15) is 8.78 Å². The fourth-order valence-electron chi connectivity index (χ4n) is 2.44. The molecule has 0 bridgehead atoms. The Morgan fingerprint density at radius 1 is 1.19 bits per heavy atom. The van der Waals surface area contributed by atoms with Crippen molar-refractivity contribution < 1.29 is 8.78 Å². The maximum Gasteiger partial charge on any atom is 0.170 e. The monoisotopic (exact) mass is 313 g/mol. The van der Waals surface area contributed by atoms with Gasteiger partial charge in [0.15, 0.2) is 5.11 Å². The van der Waals surface area contributed by atoms with Crippen LogP contribution in [0.25, 0.3) is 0 Å². The van der Waals surface area contributed by atoms with Gasteiger partial charge in [-0.25, -0.2) is 8.78 Å². The molecule has 0 saturated carbocycles. The molecular weight excluding hydrogens is 292 g/mol. The Morgan fingerprint density at radius 2 is 1.95 bits per heavy atom. The number of rotatable bonds is 5. The molecule has 0 unspecified atom stereocenters. The van der Waals surface area contributed by atoms with Crippen LogP contribution in [0.3, 0.4) is 0 Å². The molecule has 6 heteroatoms. The van der Waals surface area contributed by atoms with Gasteiger partial charge >= 0.3 is 0 Å². The molecule has 1 fully saturated rings. The molecule has 0 radical (unpaired) electrons. The summed E-state index contributed by atoms with van der Waals surface area (Å²) in [5, 5.41) is 6.15. The molecule has 2 rings (SSSR count). The third-order valence-corrected chi connectivity index (χ3v) is 3.81. The number of likely N-dealkylation sites (tertiary alicyclic amines) is 1. The van der Waals surface area contributed by atoms with Crippen LogP contribution in [-0.2, 0) is 0 Å². The number of hydrogen-bond donors (Lipinski definition) is 2. The van der Waals surface area contributed by atoms with Crippen LogP contribution >= 0.6 is 12.2 Å². The molecule has 1 aromatic carbocycles. The van der Waals surface area contributed by atoms with Crippen molar-refractivity contribution in [1.82, 2.24) is 10.2 Å². The Kier molecular flexibility index (Phi) is 6.32. The third kappa shape index (κ3) is 5.55. The van der Waals surface area contributed by atoms with E-state index in [-0.39, 0.29) is 5.69 Å². The summed E-state index contributed by atoms with van der Waals surface area (Å²) in [6, 6.07) is 3.37. The van der Waals surface area contributed by atoms with Gasteiger partial charge in [-0.3, -0.25) is 0 Å². The van der Waals surface area contributed by atoms with Crippen molar-refractivity contribution in [1.29, 1.82) is 0 Å². The van der Waals surface area contributed by atoms with Crippen molar-refractivity contribution in [3.05, 3.63) is 29.8 Å². The Bertz CT molecular complexity index is 476. The number of nitrogens with zero attached hydrogens (tertiary/aromatic N) is 1. The van der Waals surface area contributed by atoms with Crippen LogP contribution in [0.5, 0.6) is 0 Å². The van der Waals surface area contributed by atoms with Crippen LogP contribution < -0.4 is 10.6 Å².